The summed E-state index contributed by atoms with van der Waals surface area (Å²) in [5.74, 6) is 0.508. The monoisotopic (exact) mass is 183 g/mol. The van der Waals surface area contributed by atoms with Crippen LogP contribution in [0, 0.1) is 11.3 Å². The van der Waals surface area contributed by atoms with Gasteiger partial charge in [-0.15, -0.1) is 0 Å². The van der Waals surface area contributed by atoms with Gasteiger partial charge >= 0.3 is 5.97 Å². The van der Waals surface area contributed by atoms with Gasteiger partial charge in [-0.2, -0.15) is 0 Å². The molecule has 0 aromatic heterocycles. The molecule has 2 fully saturated rings. The van der Waals surface area contributed by atoms with E-state index in [9.17, 15) is 4.79 Å². The first-order valence-electron chi connectivity index (χ1n) is 5.13. The Hall–Kier alpha value is -0.570. The highest BCUT2D eigenvalue weighted by Gasteiger charge is 2.52. The first-order chi connectivity index (χ1) is 6.27. The molecule has 0 bridgehead atoms. The fraction of sp³-hybridized carbons (Fsp3) is 0.900. The maximum atomic E-state index is 11.3. The number of hydrogen-bond acceptors (Lipinski definition) is 3. The molecule has 0 aromatic rings. The largest absolute Gasteiger partial charge is 0.466 e. The van der Waals surface area contributed by atoms with Crippen molar-refractivity contribution in [3.8, 4) is 0 Å². The second-order valence-electron chi connectivity index (χ2n) is 4.20. The summed E-state index contributed by atoms with van der Waals surface area (Å²) in [5, 5.41) is 3.36. The average Bonchev–Trinajstić information content (AvgIpc) is 2.74. The van der Waals surface area contributed by atoms with Gasteiger partial charge in [-0.1, -0.05) is 0 Å². The molecule has 1 spiro atoms. The number of carbonyl (C=O) groups is 1. The fourth-order valence-electron chi connectivity index (χ4n) is 2.31. The molecule has 1 aliphatic carbocycles. The summed E-state index contributed by atoms with van der Waals surface area (Å²) in [7, 11) is 0. The molecule has 3 nitrogen and oxygen atoms in total. The highest BCUT2D eigenvalue weighted by atomic mass is 16.5. The van der Waals surface area contributed by atoms with E-state index in [1.54, 1.807) is 0 Å². The van der Waals surface area contributed by atoms with Crippen molar-refractivity contribution in [3.63, 3.8) is 0 Å². The van der Waals surface area contributed by atoms with Crippen molar-refractivity contribution in [1.29, 1.82) is 0 Å². The molecule has 3 heteroatoms. The van der Waals surface area contributed by atoms with Crippen LogP contribution in [0.1, 0.15) is 26.2 Å². The van der Waals surface area contributed by atoms with Gasteiger partial charge in [0.05, 0.1) is 13.0 Å². The predicted molar refractivity (Wildman–Crippen MR) is 49.3 cm³/mol. The molecular formula is C10H17NO2. The van der Waals surface area contributed by atoms with Crippen molar-refractivity contribution < 1.29 is 9.53 Å². The number of rotatable bonds is 3. The quantitative estimate of drug-likeness (QED) is 0.662. The molecule has 1 saturated heterocycles. The van der Waals surface area contributed by atoms with Crippen LogP contribution in [-0.2, 0) is 9.53 Å². The smallest absolute Gasteiger partial charge is 0.306 e. The minimum atomic E-state index is -0.0255. The first kappa shape index (κ1) is 9.00. The van der Waals surface area contributed by atoms with Gasteiger partial charge in [0.15, 0.2) is 0 Å². The Morgan fingerprint density at radius 2 is 2.38 bits per heavy atom. The minimum Gasteiger partial charge on any atom is -0.466 e. The van der Waals surface area contributed by atoms with E-state index in [1.165, 1.54) is 12.8 Å². The summed E-state index contributed by atoms with van der Waals surface area (Å²) in [4.78, 5) is 11.3. The Morgan fingerprint density at radius 1 is 1.62 bits per heavy atom. The maximum Gasteiger partial charge on any atom is 0.306 e. The van der Waals surface area contributed by atoms with E-state index in [1.807, 2.05) is 6.92 Å². The van der Waals surface area contributed by atoms with Gasteiger partial charge in [-0.3, -0.25) is 4.79 Å². The molecular weight excluding hydrogens is 166 g/mol. The van der Waals surface area contributed by atoms with E-state index in [0.717, 1.165) is 13.1 Å². The minimum absolute atomic E-state index is 0.0255. The Balaban J connectivity index is 1.84. The van der Waals surface area contributed by atoms with Crippen molar-refractivity contribution in [2.24, 2.45) is 11.3 Å². The summed E-state index contributed by atoms with van der Waals surface area (Å²) in [6.45, 7) is 4.47. The number of hydrogen-bond donors (Lipinski definition) is 1. The third-order valence-corrected chi connectivity index (χ3v) is 3.34. The number of carbonyl (C=O) groups excluding carboxylic acids is 1. The van der Waals surface area contributed by atoms with Crippen LogP contribution in [0.15, 0.2) is 0 Å². The molecule has 1 unspecified atom stereocenters. The second kappa shape index (κ2) is 3.29. The van der Waals surface area contributed by atoms with Gasteiger partial charge in [-0.05, 0) is 37.6 Å². The highest BCUT2D eigenvalue weighted by molar-refractivity contribution is 5.70. The van der Waals surface area contributed by atoms with E-state index in [0.29, 0.717) is 24.4 Å². The van der Waals surface area contributed by atoms with Crippen LogP contribution in [0.5, 0.6) is 0 Å². The summed E-state index contributed by atoms with van der Waals surface area (Å²) in [6.07, 6.45) is 3.20. The van der Waals surface area contributed by atoms with Crippen LogP contribution in [0.25, 0.3) is 0 Å². The Morgan fingerprint density at radius 3 is 3.00 bits per heavy atom. The Kier molecular flexibility index (Phi) is 2.28. The van der Waals surface area contributed by atoms with E-state index < -0.39 is 0 Å². The lowest BCUT2D eigenvalue weighted by molar-refractivity contribution is -0.144. The standard InChI is InChI=1S/C10H17NO2/c1-2-13-9(12)5-8-6-11-7-10(8)3-4-10/h8,11H,2-7H2,1H3. The van der Waals surface area contributed by atoms with Crippen LogP contribution in [0.2, 0.25) is 0 Å². The van der Waals surface area contributed by atoms with E-state index in [4.69, 9.17) is 4.74 Å². The molecule has 1 heterocycles. The van der Waals surface area contributed by atoms with E-state index in [2.05, 4.69) is 5.32 Å². The van der Waals surface area contributed by atoms with Crippen molar-refractivity contribution in [2.45, 2.75) is 26.2 Å². The van der Waals surface area contributed by atoms with Crippen molar-refractivity contribution in [2.75, 3.05) is 19.7 Å². The van der Waals surface area contributed by atoms with Gasteiger partial charge in [0.2, 0.25) is 0 Å². The molecule has 1 aliphatic heterocycles. The van der Waals surface area contributed by atoms with E-state index >= 15 is 0 Å². The average molecular weight is 183 g/mol. The number of nitrogens with one attached hydrogen (secondary N) is 1. The number of esters is 1. The topological polar surface area (TPSA) is 38.3 Å². The lowest BCUT2D eigenvalue weighted by Gasteiger charge is -2.15. The van der Waals surface area contributed by atoms with Crippen molar-refractivity contribution >= 4 is 5.97 Å². The summed E-state index contributed by atoms with van der Waals surface area (Å²) < 4.78 is 4.96. The molecule has 0 amide bonds. The normalized spacial score (nSPS) is 29.2. The van der Waals surface area contributed by atoms with Crippen LogP contribution in [-0.4, -0.2) is 25.7 Å². The third kappa shape index (κ3) is 1.70. The molecule has 1 atom stereocenters. The maximum absolute atomic E-state index is 11.3. The Bertz CT molecular complexity index is 211. The van der Waals surface area contributed by atoms with Gasteiger partial charge in [-0.25, -0.2) is 0 Å². The molecule has 2 rings (SSSR count). The van der Waals surface area contributed by atoms with Gasteiger partial charge in [0.25, 0.3) is 0 Å². The van der Waals surface area contributed by atoms with Crippen LogP contribution < -0.4 is 5.32 Å². The third-order valence-electron chi connectivity index (χ3n) is 3.34. The zero-order valence-electron chi connectivity index (χ0n) is 8.14. The number of ether oxygens (including phenoxy) is 1. The van der Waals surface area contributed by atoms with Gasteiger partial charge in [0, 0.05) is 6.54 Å². The molecule has 74 valence electrons. The van der Waals surface area contributed by atoms with Gasteiger partial charge < -0.3 is 10.1 Å². The lowest BCUT2D eigenvalue weighted by Crippen LogP contribution is -2.19. The second-order valence-corrected chi connectivity index (χ2v) is 4.20. The van der Waals surface area contributed by atoms with E-state index in [-0.39, 0.29) is 5.97 Å². The molecule has 0 radical (unpaired) electrons. The SMILES string of the molecule is CCOC(=O)CC1CNCC12CC2. The van der Waals surface area contributed by atoms with Crippen LogP contribution in [0.3, 0.4) is 0 Å². The summed E-state index contributed by atoms with van der Waals surface area (Å²) in [6, 6.07) is 0. The summed E-state index contributed by atoms with van der Waals surface area (Å²) in [5.41, 5.74) is 0.479. The molecule has 2 aliphatic rings. The van der Waals surface area contributed by atoms with Gasteiger partial charge in [0.1, 0.15) is 0 Å². The summed E-state index contributed by atoms with van der Waals surface area (Å²) >= 11 is 0. The molecule has 1 saturated carbocycles. The molecule has 13 heavy (non-hydrogen) atoms. The first-order valence-corrected chi connectivity index (χ1v) is 5.13. The van der Waals surface area contributed by atoms with Crippen molar-refractivity contribution in [3.05, 3.63) is 0 Å². The predicted octanol–water partition coefficient (Wildman–Crippen LogP) is 0.939. The molecule has 1 N–H and O–H groups in total. The fourth-order valence-corrected chi connectivity index (χ4v) is 2.31. The Labute approximate surface area is 78.8 Å². The van der Waals surface area contributed by atoms with Crippen molar-refractivity contribution in [1.82, 2.24) is 5.32 Å². The molecule has 0 aromatic carbocycles. The van der Waals surface area contributed by atoms with Crippen LogP contribution in [0.4, 0.5) is 0 Å². The lowest BCUT2D eigenvalue weighted by atomic mass is 9.90. The zero-order chi connectivity index (χ0) is 9.31. The zero-order valence-corrected chi connectivity index (χ0v) is 8.14. The van der Waals surface area contributed by atoms with Crippen LogP contribution >= 0.6 is 0 Å². The highest BCUT2D eigenvalue weighted by Crippen LogP contribution is 2.54.